The summed E-state index contributed by atoms with van der Waals surface area (Å²) in [5.41, 5.74) is 0. The third-order valence-electron chi connectivity index (χ3n) is 1.90. The van der Waals surface area contributed by atoms with Gasteiger partial charge in [-0.2, -0.15) is 13.2 Å². The Morgan fingerprint density at radius 2 is 2.00 bits per heavy atom. The van der Waals surface area contributed by atoms with Crippen molar-refractivity contribution >= 4 is 0 Å². The minimum Gasteiger partial charge on any atom is -0.276 e. The maximum atomic E-state index is 11.9. The molecule has 0 N–H and O–H groups in total. The van der Waals surface area contributed by atoms with Crippen molar-refractivity contribution < 1.29 is 17.6 Å². The molecule has 1 heterocycles. The Morgan fingerprint density at radius 3 is 2.27 bits per heavy atom. The van der Waals surface area contributed by atoms with Gasteiger partial charge in [0, 0.05) is 13.1 Å². The molecule has 1 saturated heterocycles. The molecule has 1 aliphatic rings. The van der Waals surface area contributed by atoms with Gasteiger partial charge in [0.1, 0.15) is 6.80 Å². The molecule has 0 radical (unpaired) electrons. The molecule has 1 fully saturated rings. The number of hydrogen-bond acceptors (Lipinski definition) is 1. The normalized spacial score (nSPS) is 27.8. The molecular weight excluding hydrogens is 162 g/mol. The molecule has 0 aliphatic carbocycles. The lowest BCUT2D eigenvalue weighted by Gasteiger charge is -2.14. The van der Waals surface area contributed by atoms with Gasteiger partial charge in [0.05, 0.1) is 5.92 Å². The summed E-state index contributed by atoms with van der Waals surface area (Å²) in [4.78, 5) is 1.16. The second-order valence-electron chi connectivity index (χ2n) is 2.72. The van der Waals surface area contributed by atoms with Crippen molar-refractivity contribution in [2.75, 3.05) is 19.9 Å². The van der Waals surface area contributed by atoms with Crippen LogP contribution in [0.3, 0.4) is 0 Å². The highest BCUT2D eigenvalue weighted by molar-refractivity contribution is 4.78. The van der Waals surface area contributed by atoms with Gasteiger partial charge >= 0.3 is 6.18 Å². The Bertz CT molecular complexity index is 133. The molecule has 0 aromatic rings. The second kappa shape index (κ2) is 2.97. The van der Waals surface area contributed by atoms with Crippen LogP contribution in [0.4, 0.5) is 17.6 Å². The molecule has 1 aliphatic heterocycles. The predicted octanol–water partition coefficient (Wildman–Crippen LogP) is 1.80. The van der Waals surface area contributed by atoms with Gasteiger partial charge in [-0.25, -0.2) is 4.39 Å². The zero-order chi connectivity index (χ0) is 8.48. The topological polar surface area (TPSA) is 3.24 Å². The van der Waals surface area contributed by atoms with E-state index in [1.807, 2.05) is 0 Å². The Kier molecular flexibility index (Phi) is 2.37. The van der Waals surface area contributed by atoms with E-state index < -0.39 is 18.9 Å². The van der Waals surface area contributed by atoms with E-state index in [4.69, 9.17) is 0 Å². The maximum Gasteiger partial charge on any atom is 0.393 e. The zero-order valence-corrected chi connectivity index (χ0v) is 5.86. The Hall–Kier alpha value is -0.320. The molecule has 66 valence electrons. The quantitative estimate of drug-likeness (QED) is 0.429. The summed E-state index contributed by atoms with van der Waals surface area (Å²) >= 11 is 0. The summed E-state index contributed by atoms with van der Waals surface area (Å²) in [6.07, 6.45) is -4.11. The molecule has 0 aromatic carbocycles. The summed E-state index contributed by atoms with van der Waals surface area (Å²) < 4.78 is 47.6. The molecule has 0 amide bonds. The molecule has 0 aromatic heterocycles. The van der Waals surface area contributed by atoms with Crippen molar-refractivity contribution in [1.29, 1.82) is 0 Å². The first-order valence-electron chi connectivity index (χ1n) is 3.39. The molecule has 1 unspecified atom stereocenters. The minimum absolute atomic E-state index is 0.0351. The second-order valence-corrected chi connectivity index (χ2v) is 2.72. The fourth-order valence-corrected chi connectivity index (χ4v) is 1.21. The Morgan fingerprint density at radius 1 is 1.36 bits per heavy atom. The van der Waals surface area contributed by atoms with Crippen LogP contribution < -0.4 is 0 Å². The van der Waals surface area contributed by atoms with Gasteiger partial charge in [0.15, 0.2) is 0 Å². The molecule has 0 bridgehead atoms. The van der Waals surface area contributed by atoms with Crippen molar-refractivity contribution in [3.05, 3.63) is 0 Å². The number of likely N-dealkylation sites (tertiary alicyclic amines) is 1. The summed E-state index contributed by atoms with van der Waals surface area (Å²) in [7, 11) is 0. The number of nitrogens with zero attached hydrogens (tertiary/aromatic N) is 1. The van der Waals surface area contributed by atoms with E-state index in [9.17, 15) is 17.6 Å². The Labute approximate surface area is 62.0 Å². The number of hydrogen-bond donors (Lipinski definition) is 0. The van der Waals surface area contributed by atoms with E-state index in [1.165, 1.54) is 0 Å². The van der Waals surface area contributed by atoms with Gasteiger partial charge in [0.25, 0.3) is 0 Å². The van der Waals surface area contributed by atoms with E-state index >= 15 is 0 Å². The van der Waals surface area contributed by atoms with Crippen LogP contribution in [-0.4, -0.2) is 31.0 Å². The molecule has 0 saturated carbocycles. The van der Waals surface area contributed by atoms with Crippen molar-refractivity contribution in [3.8, 4) is 0 Å². The number of rotatable bonds is 1. The summed E-state index contributed by atoms with van der Waals surface area (Å²) in [5.74, 6) is -1.32. The zero-order valence-electron chi connectivity index (χ0n) is 5.86. The van der Waals surface area contributed by atoms with Gasteiger partial charge in [-0.1, -0.05) is 0 Å². The maximum absolute atomic E-state index is 11.9. The summed E-state index contributed by atoms with van der Waals surface area (Å²) in [6, 6.07) is 0. The third-order valence-corrected chi connectivity index (χ3v) is 1.90. The monoisotopic (exact) mass is 171 g/mol. The molecule has 5 heteroatoms. The standard InChI is InChI=1S/C6H9F4N/c7-4-11-2-1-5(3-11)6(8,9)10/h5H,1-4H2. The lowest BCUT2D eigenvalue weighted by molar-refractivity contribution is -0.170. The highest BCUT2D eigenvalue weighted by Gasteiger charge is 2.43. The van der Waals surface area contributed by atoms with E-state index in [0.717, 1.165) is 4.90 Å². The van der Waals surface area contributed by atoms with E-state index in [2.05, 4.69) is 0 Å². The van der Waals surface area contributed by atoms with Crippen LogP contribution in [0.5, 0.6) is 0 Å². The number of halogens is 4. The first-order valence-corrected chi connectivity index (χ1v) is 3.39. The van der Waals surface area contributed by atoms with Gasteiger partial charge in [0.2, 0.25) is 0 Å². The van der Waals surface area contributed by atoms with Gasteiger partial charge in [-0.05, 0) is 6.42 Å². The van der Waals surface area contributed by atoms with Gasteiger partial charge in [-0.15, -0.1) is 0 Å². The number of alkyl halides is 4. The predicted molar refractivity (Wildman–Crippen MR) is 31.7 cm³/mol. The molecule has 1 rings (SSSR count). The molecular formula is C6H9F4N. The lowest BCUT2D eigenvalue weighted by atomic mass is 10.1. The summed E-state index contributed by atoms with van der Waals surface area (Å²) in [6.45, 7) is -0.729. The van der Waals surface area contributed by atoms with Crippen LogP contribution in [0.15, 0.2) is 0 Å². The van der Waals surface area contributed by atoms with Crippen LogP contribution in [-0.2, 0) is 0 Å². The van der Waals surface area contributed by atoms with Crippen molar-refractivity contribution in [3.63, 3.8) is 0 Å². The molecule has 11 heavy (non-hydrogen) atoms. The first kappa shape index (κ1) is 8.77. The Balaban J connectivity index is 2.42. The van der Waals surface area contributed by atoms with Gasteiger partial charge < -0.3 is 0 Å². The average Bonchev–Trinajstić information content (AvgIpc) is 2.32. The van der Waals surface area contributed by atoms with Crippen molar-refractivity contribution in [2.24, 2.45) is 5.92 Å². The molecule has 1 nitrogen and oxygen atoms in total. The molecule has 1 atom stereocenters. The average molecular weight is 171 g/mol. The van der Waals surface area contributed by atoms with E-state index in [1.54, 1.807) is 0 Å². The molecule has 0 spiro atoms. The van der Waals surface area contributed by atoms with Gasteiger partial charge in [-0.3, -0.25) is 4.90 Å². The van der Waals surface area contributed by atoms with E-state index in [-0.39, 0.29) is 19.5 Å². The minimum atomic E-state index is -4.15. The van der Waals surface area contributed by atoms with Crippen LogP contribution in [0, 0.1) is 5.92 Å². The highest BCUT2D eigenvalue weighted by atomic mass is 19.4. The largest absolute Gasteiger partial charge is 0.393 e. The van der Waals surface area contributed by atoms with E-state index in [0.29, 0.717) is 0 Å². The third kappa shape index (κ3) is 2.05. The van der Waals surface area contributed by atoms with Crippen LogP contribution in [0.25, 0.3) is 0 Å². The lowest BCUT2D eigenvalue weighted by Crippen LogP contribution is -2.27. The fraction of sp³-hybridized carbons (Fsp3) is 1.00. The SMILES string of the molecule is FCN1CCC(C(F)(F)F)C1. The summed E-state index contributed by atoms with van der Waals surface area (Å²) in [5, 5.41) is 0. The first-order chi connectivity index (χ1) is 5.04. The fourth-order valence-electron chi connectivity index (χ4n) is 1.21. The van der Waals surface area contributed by atoms with Crippen LogP contribution in [0.2, 0.25) is 0 Å². The smallest absolute Gasteiger partial charge is 0.276 e. The van der Waals surface area contributed by atoms with Crippen LogP contribution >= 0.6 is 0 Å². The van der Waals surface area contributed by atoms with Crippen molar-refractivity contribution in [2.45, 2.75) is 12.6 Å². The van der Waals surface area contributed by atoms with Crippen LogP contribution in [0.1, 0.15) is 6.42 Å². The van der Waals surface area contributed by atoms with Crippen molar-refractivity contribution in [1.82, 2.24) is 4.90 Å². The highest BCUT2D eigenvalue weighted by Crippen LogP contribution is 2.33.